The summed E-state index contributed by atoms with van der Waals surface area (Å²) in [6, 6.07) is 1.70. The Morgan fingerprint density at radius 3 is 2.71 bits per heavy atom. The molecule has 14 heavy (non-hydrogen) atoms. The number of aryl methyl sites for hydroxylation is 2. The molecule has 5 heteroatoms. The molecule has 2 N–H and O–H groups in total. The van der Waals surface area contributed by atoms with E-state index in [0.717, 1.165) is 11.4 Å². The van der Waals surface area contributed by atoms with Gasteiger partial charge in [-0.15, -0.1) is 0 Å². The molecular formula is C9H13N5. The van der Waals surface area contributed by atoms with Crippen molar-refractivity contribution in [1.82, 2.24) is 19.3 Å². The average Bonchev–Trinajstić information content (AvgIpc) is 2.73. The number of nitrogens with two attached hydrogens (primary N) is 1. The topological polar surface area (TPSA) is 61.7 Å². The van der Waals surface area contributed by atoms with Crippen LogP contribution in [-0.4, -0.2) is 19.3 Å². The first-order chi connectivity index (χ1) is 6.68. The van der Waals surface area contributed by atoms with Gasteiger partial charge in [-0.25, -0.2) is 4.98 Å². The van der Waals surface area contributed by atoms with Crippen LogP contribution >= 0.6 is 0 Å². The maximum atomic E-state index is 6.04. The van der Waals surface area contributed by atoms with Gasteiger partial charge in [0.2, 0.25) is 0 Å². The van der Waals surface area contributed by atoms with Crippen molar-refractivity contribution >= 4 is 0 Å². The molecular weight excluding hydrogens is 178 g/mol. The summed E-state index contributed by atoms with van der Waals surface area (Å²) in [5, 5.41) is 4.07. The van der Waals surface area contributed by atoms with Crippen molar-refractivity contribution < 1.29 is 0 Å². The predicted octanol–water partition coefficient (Wildman–Crippen LogP) is 0.202. The third-order valence-corrected chi connectivity index (χ3v) is 2.22. The van der Waals surface area contributed by atoms with Gasteiger partial charge in [-0.05, 0) is 6.07 Å². The molecule has 0 saturated carbocycles. The second-order valence-electron chi connectivity index (χ2n) is 3.32. The number of hydrogen-bond donors (Lipinski definition) is 1. The Kier molecular flexibility index (Phi) is 2.09. The van der Waals surface area contributed by atoms with Crippen LogP contribution in [0.4, 0.5) is 0 Å². The summed E-state index contributed by atoms with van der Waals surface area (Å²) in [4.78, 5) is 4.21. The molecule has 0 aromatic carbocycles. The molecule has 1 atom stereocenters. The van der Waals surface area contributed by atoms with Crippen molar-refractivity contribution in [2.75, 3.05) is 0 Å². The second-order valence-corrected chi connectivity index (χ2v) is 3.32. The van der Waals surface area contributed by atoms with Gasteiger partial charge in [0.25, 0.3) is 0 Å². The molecule has 0 aliphatic rings. The van der Waals surface area contributed by atoms with Crippen LogP contribution in [0.5, 0.6) is 0 Å². The van der Waals surface area contributed by atoms with Crippen LogP contribution < -0.4 is 5.73 Å². The molecule has 2 aromatic heterocycles. The van der Waals surface area contributed by atoms with Gasteiger partial charge in [0, 0.05) is 26.5 Å². The molecule has 0 aliphatic carbocycles. The summed E-state index contributed by atoms with van der Waals surface area (Å²) in [6.45, 7) is 0. The van der Waals surface area contributed by atoms with Crippen molar-refractivity contribution in [3.8, 4) is 0 Å². The van der Waals surface area contributed by atoms with Crippen molar-refractivity contribution in [2.24, 2.45) is 19.8 Å². The van der Waals surface area contributed by atoms with Gasteiger partial charge in [-0.2, -0.15) is 5.10 Å². The van der Waals surface area contributed by atoms with Crippen molar-refractivity contribution in [3.63, 3.8) is 0 Å². The Morgan fingerprint density at radius 1 is 1.43 bits per heavy atom. The standard InChI is InChI=1S/C9H13N5/c1-13-5-7(11-6-13)9(10)8-3-4-12-14(8)2/h3-6,9H,10H2,1-2H3. The summed E-state index contributed by atoms with van der Waals surface area (Å²) in [5.74, 6) is 0. The van der Waals surface area contributed by atoms with E-state index < -0.39 is 0 Å². The largest absolute Gasteiger partial charge is 0.340 e. The molecule has 2 aromatic rings. The van der Waals surface area contributed by atoms with Gasteiger partial charge in [0.1, 0.15) is 0 Å². The smallest absolute Gasteiger partial charge is 0.0947 e. The molecule has 0 radical (unpaired) electrons. The molecule has 0 spiro atoms. The van der Waals surface area contributed by atoms with E-state index in [2.05, 4.69) is 10.1 Å². The van der Waals surface area contributed by atoms with E-state index in [0.29, 0.717) is 0 Å². The third kappa shape index (κ3) is 1.42. The summed E-state index contributed by atoms with van der Waals surface area (Å²) < 4.78 is 3.64. The van der Waals surface area contributed by atoms with Gasteiger partial charge in [-0.3, -0.25) is 4.68 Å². The van der Waals surface area contributed by atoms with Gasteiger partial charge in [-0.1, -0.05) is 0 Å². The minimum Gasteiger partial charge on any atom is -0.340 e. The van der Waals surface area contributed by atoms with Gasteiger partial charge in [0.15, 0.2) is 0 Å². The van der Waals surface area contributed by atoms with Crippen LogP contribution in [0.2, 0.25) is 0 Å². The zero-order chi connectivity index (χ0) is 10.1. The van der Waals surface area contributed by atoms with Gasteiger partial charge in [0.05, 0.1) is 23.8 Å². The Labute approximate surface area is 82.2 Å². The highest BCUT2D eigenvalue weighted by atomic mass is 15.3. The molecule has 0 amide bonds. The quantitative estimate of drug-likeness (QED) is 0.737. The summed E-state index contributed by atoms with van der Waals surface area (Å²) in [5.41, 5.74) is 7.86. The normalized spacial score (nSPS) is 13.1. The Morgan fingerprint density at radius 2 is 2.21 bits per heavy atom. The van der Waals surface area contributed by atoms with Gasteiger partial charge >= 0.3 is 0 Å². The van der Waals surface area contributed by atoms with E-state index >= 15 is 0 Å². The van der Waals surface area contributed by atoms with E-state index in [4.69, 9.17) is 5.73 Å². The first-order valence-electron chi connectivity index (χ1n) is 4.40. The van der Waals surface area contributed by atoms with E-state index in [9.17, 15) is 0 Å². The van der Waals surface area contributed by atoms with Gasteiger partial charge < -0.3 is 10.3 Å². The second kappa shape index (κ2) is 3.26. The number of aromatic nitrogens is 4. The fourth-order valence-electron chi connectivity index (χ4n) is 1.43. The third-order valence-electron chi connectivity index (χ3n) is 2.22. The number of nitrogens with zero attached hydrogens (tertiary/aromatic N) is 4. The fourth-order valence-corrected chi connectivity index (χ4v) is 1.43. The lowest BCUT2D eigenvalue weighted by Gasteiger charge is -2.08. The van der Waals surface area contributed by atoms with Crippen LogP contribution in [0.15, 0.2) is 24.8 Å². The molecule has 74 valence electrons. The maximum absolute atomic E-state index is 6.04. The molecule has 0 aliphatic heterocycles. The van der Waals surface area contributed by atoms with Crippen LogP contribution in [0.1, 0.15) is 17.4 Å². The molecule has 5 nitrogen and oxygen atoms in total. The van der Waals surface area contributed by atoms with E-state index in [-0.39, 0.29) is 6.04 Å². The monoisotopic (exact) mass is 191 g/mol. The Bertz CT molecular complexity index is 428. The summed E-state index contributed by atoms with van der Waals surface area (Å²) in [7, 11) is 3.80. The minimum absolute atomic E-state index is 0.205. The van der Waals surface area contributed by atoms with E-state index in [1.807, 2.05) is 30.9 Å². The lowest BCUT2D eigenvalue weighted by atomic mass is 10.2. The molecule has 2 rings (SSSR count). The first-order valence-corrected chi connectivity index (χ1v) is 4.40. The number of imidazole rings is 1. The highest BCUT2D eigenvalue weighted by Gasteiger charge is 2.14. The highest BCUT2D eigenvalue weighted by molar-refractivity contribution is 5.18. The molecule has 2 heterocycles. The maximum Gasteiger partial charge on any atom is 0.0947 e. The Hall–Kier alpha value is -1.62. The molecule has 1 unspecified atom stereocenters. The SMILES string of the molecule is Cn1cnc(C(N)c2ccnn2C)c1. The lowest BCUT2D eigenvalue weighted by molar-refractivity contribution is 0.665. The number of hydrogen-bond acceptors (Lipinski definition) is 3. The van der Waals surface area contributed by atoms with Crippen LogP contribution in [0, 0.1) is 0 Å². The average molecular weight is 191 g/mol. The summed E-state index contributed by atoms with van der Waals surface area (Å²) >= 11 is 0. The van der Waals surface area contributed by atoms with Crippen LogP contribution in [0.3, 0.4) is 0 Å². The lowest BCUT2D eigenvalue weighted by Crippen LogP contribution is -2.16. The van der Waals surface area contributed by atoms with E-state index in [1.54, 1.807) is 17.2 Å². The zero-order valence-electron chi connectivity index (χ0n) is 8.25. The fraction of sp³-hybridized carbons (Fsp3) is 0.333. The van der Waals surface area contributed by atoms with Crippen LogP contribution in [-0.2, 0) is 14.1 Å². The van der Waals surface area contributed by atoms with Crippen LogP contribution in [0.25, 0.3) is 0 Å². The van der Waals surface area contributed by atoms with E-state index in [1.165, 1.54) is 0 Å². The highest BCUT2D eigenvalue weighted by Crippen LogP contribution is 2.15. The molecule has 0 fully saturated rings. The first kappa shape index (κ1) is 8.96. The zero-order valence-corrected chi connectivity index (χ0v) is 8.25. The van der Waals surface area contributed by atoms with Crippen molar-refractivity contribution in [3.05, 3.63) is 36.2 Å². The summed E-state index contributed by atoms with van der Waals surface area (Å²) in [6.07, 6.45) is 5.39. The number of rotatable bonds is 2. The van der Waals surface area contributed by atoms with Crippen molar-refractivity contribution in [2.45, 2.75) is 6.04 Å². The van der Waals surface area contributed by atoms with Crippen molar-refractivity contribution in [1.29, 1.82) is 0 Å². The molecule has 0 bridgehead atoms. The predicted molar refractivity (Wildman–Crippen MR) is 52.4 cm³/mol. The minimum atomic E-state index is -0.205. The molecule has 0 saturated heterocycles. The Balaban J connectivity index is 2.33.